The second kappa shape index (κ2) is 7.87. The molecule has 0 aliphatic carbocycles. The molecule has 2 aromatic rings. The van der Waals surface area contributed by atoms with Gasteiger partial charge in [-0.15, -0.1) is 0 Å². The van der Waals surface area contributed by atoms with E-state index in [1.807, 2.05) is 24.3 Å². The van der Waals surface area contributed by atoms with Crippen LogP contribution in [0.5, 0.6) is 0 Å². The smallest absolute Gasteiger partial charge is 0.161 e. The van der Waals surface area contributed by atoms with Crippen LogP contribution in [0.4, 0.5) is 5.82 Å². The molecule has 0 atom stereocenters. The fraction of sp³-hybridized carbons (Fsp3) is 0.333. The zero-order valence-electron chi connectivity index (χ0n) is 12.0. The fourth-order valence-corrected chi connectivity index (χ4v) is 2.45. The molecule has 0 aliphatic rings. The van der Waals surface area contributed by atoms with E-state index in [-0.39, 0.29) is 0 Å². The third-order valence-corrected chi connectivity index (χ3v) is 4.68. The van der Waals surface area contributed by atoms with Gasteiger partial charge in [0.05, 0.1) is 12.3 Å². The number of anilines is 1. The molecule has 0 unspecified atom stereocenters. The van der Waals surface area contributed by atoms with Gasteiger partial charge in [-0.05, 0) is 56.5 Å². The molecule has 0 saturated heterocycles. The molecule has 0 bridgehead atoms. The Balaban J connectivity index is 2.40. The van der Waals surface area contributed by atoms with Crippen molar-refractivity contribution in [1.29, 1.82) is 0 Å². The Morgan fingerprint density at radius 2 is 1.95 bits per heavy atom. The summed E-state index contributed by atoms with van der Waals surface area (Å²) < 4.78 is 7.17. The van der Waals surface area contributed by atoms with E-state index in [1.165, 1.54) is 0 Å². The van der Waals surface area contributed by atoms with E-state index in [2.05, 4.69) is 54.1 Å². The lowest BCUT2D eigenvalue weighted by Crippen LogP contribution is -2.06. The SMILES string of the molecule is CCCNc1cc(COC)nc(-c2ccc(Br)c(Br)c2)n1. The molecule has 1 aromatic heterocycles. The highest BCUT2D eigenvalue weighted by atomic mass is 79.9. The van der Waals surface area contributed by atoms with Gasteiger partial charge in [0.15, 0.2) is 5.82 Å². The predicted octanol–water partition coefficient (Wildman–Crippen LogP) is 4.64. The first-order valence-corrected chi connectivity index (χ1v) is 8.28. The third-order valence-electron chi connectivity index (χ3n) is 2.81. The zero-order valence-corrected chi connectivity index (χ0v) is 15.2. The second-order valence-corrected chi connectivity index (χ2v) is 6.27. The van der Waals surface area contributed by atoms with Crippen LogP contribution in [-0.4, -0.2) is 23.6 Å². The summed E-state index contributed by atoms with van der Waals surface area (Å²) >= 11 is 6.98. The number of rotatable bonds is 6. The van der Waals surface area contributed by atoms with Gasteiger partial charge in [0.2, 0.25) is 0 Å². The Hall–Kier alpha value is -0.980. The number of hydrogen-bond donors (Lipinski definition) is 1. The molecular formula is C15H17Br2N3O. The lowest BCUT2D eigenvalue weighted by Gasteiger charge is -2.10. The van der Waals surface area contributed by atoms with E-state index in [1.54, 1.807) is 7.11 Å². The van der Waals surface area contributed by atoms with Crippen molar-refractivity contribution in [3.63, 3.8) is 0 Å². The summed E-state index contributed by atoms with van der Waals surface area (Å²) in [6.07, 6.45) is 1.04. The van der Waals surface area contributed by atoms with Crippen LogP contribution in [0.1, 0.15) is 19.0 Å². The molecule has 112 valence electrons. The number of aromatic nitrogens is 2. The molecule has 6 heteroatoms. The normalized spacial score (nSPS) is 10.7. The van der Waals surface area contributed by atoms with Gasteiger partial charge < -0.3 is 10.1 Å². The van der Waals surface area contributed by atoms with E-state index in [9.17, 15) is 0 Å². The molecule has 0 radical (unpaired) electrons. The molecule has 1 heterocycles. The Kier molecular flexibility index (Phi) is 6.14. The minimum absolute atomic E-state index is 0.466. The summed E-state index contributed by atoms with van der Waals surface area (Å²) in [5.74, 6) is 1.52. The Labute approximate surface area is 141 Å². The van der Waals surface area contributed by atoms with E-state index in [4.69, 9.17) is 4.74 Å². The molecule has 0 aliphatic heterocycles. The molecule has 1 N–H and O–H groups in total. The quantitative estimate of drug-likeness (QED) is 0.747. The Morgan fingerprint density at radius 3 is 2.62 bits per heavy atom. The van der Waals surface area contributed by atoms with Gasteiger partial charge in [0.1, 0.15) is 5.82 Å². The topological polar surface area (TPSA) is 47.0 Å². The summed E-state index contributed by atoms with van der Waals surface area (Å²) in [5.41, 5.74) is 1.82. The third kappa shape index (κ3) is 4.49. The molecular weight excluding hydrogens is 398 g/mol. The Morgan fingerprint density at radius 1 is 1.14 bits per heavy atom. The van der Waals surface area contributed by atoms with Crippen LogP contribution >= 0.6 is 31.9 Å². The predicted molar refractivity (Wildman–Crippen MR) is 92.4 cm³/mol. The number of methoxy groups -OCH3 is 1. The van der Waals surface area contributed by atoms with Crippen molar-refractivity contribution in [3.8, 4) is 11.4 Å². The standard InChI is InChI=1S/C15H17Br2N3O/c1-3-6-18-14-8-11(9-21-2)19-15(20-14)10-4-5-12(16)13(17)7-10/h4-5,7-8H,3,6,9H2,1-2H3,(H,18,19,20). The maximum atomic E-state index is 5.19. The number of nitrogens with one attached hydrogen (secondary N) is 1. The molecule has 4 nitrogen and oxygen atoms in total. The van der Waals surface area contributed by atoms with Gasteiger partial charge in [0, 0.05) is 34.2 Å². The molecule has 0 amide bonds. The first-order chi connectivity index (χ1) is 10.1. The van der Waals surface area contributed by atoms with Crippen LogP contribution in [0.25, 0.3) is 11.4 Å². The minimum Gasteiger partial charge on any atom is -0.378 e. The largest absolute Gasteiger partial charge is 0.378 e. The van der Waals surface area contributed by atoms with Crippen molar-refractivity contribution in [1.82, 2.24) is 9.97 Å². The van der Waals surface area contributed by atoms with Crippen molar-refractivity contribution in [3.05, 3.63) is 38.9 Å². The zero-order chi connectivity index (χ0) is 15.2. The number of ether oxygens (including phenoxy) is 1. The van der Waals surface area contributed by atoms with Crippen LogP contribution in [0.2, 0.25) is 0 Å². The lowest BCUT2D eigenvalue weighted by atomic mass is 10.2. The molecule has 2 rings (SSSR count). The second-order valence-electron chi connectivity index (χ2n) is 4.56. The van der Waals surface area contributed by atoms with Gasteiger partial charge >= 0.3 is 0 Å². The van der Waals surface area contributed by atoms with Gasteiger partial charge in [-0.1, -0.05) is 6.92 Å². The molecule has 1 aromatic carbocycles. The minimum atomic E-state index is 0.466. The van der Waals surface area contributed by atoms with Crippen molar-refractivity contribution in [2.24, 2.45) is 0 Å². The maximum Gasteiger partial charge on any atom is 0.161 e. The van der Waals surface area contributed by atoms with Crippen molar-refractivity contribution in [2.75, 3.05) is 19.0 Å². The van der Waals surface area contributed by atoms with Gasteiger partial charge in [-0.2, -0.15) is 0 Å². The maximum absolute atomic E-state index is 5.19. The van der Waals surface area contributed by atoms with Gasteiger partial charge in [-0.3, -0.25) is 0 Å². The fourth-order valence-electron chi connectivity index (χ4n) is 1.83. The first kappa shape index (κ1) is 16.4. The molecule has 0 saturated carbocycles. The number of nitrogens with zero attached hydrogens (tertiary/aromatic N) is 2. The summed E-state index contributed by atoms with van der Waals surface area (Å²) in [6, 6.07) is 7.89. The van der Waals surface area contributed by atoms with Crippen LogP contribution in [-0.2, 0) is 11.3 Å². The number of hydrogen-bond acceptors (Lipinski definition) is 4. The van der Waals surface area contributed by atoms with E-state index < -0.39 is 0 Å². The van der Waals surface area contributed by atoms with Crippen molar-refractivity contribution >= 4 is 37.7 Å². The van der Waals surface area contributed by atoms with E-state index in [0.29, 0.717) is 12.4 Å². The highest BCUT2D eigenvalue weighted by Crippen LogP contribution is 2.28. The Bertz CT molecular complexity index is 620. The van der Waals surface area contributed by atoms with Crippen molar-refractivity contribution in [2.45, 2.75) is 20.0 Å². The van der Waals surface area contributed by atoms with Crippen LogP contribution in [0.15, 0.2) is 33.2 Å². The van der Waals surface area contributed by atoms with Crippen LogP contribution in [0, 0.1) is 0 Å². The first-order valence-electron chi connectivity index (χ1n) is 6.70. The molecule has 0 spiro atoms. The monoisotopic (exact) mass is 413 g/mol. The van der Waals surface area contributed by atoms with Crippen LogP contribution in [0.3, 0.4) is 0 Å². The van der Waals surface area contributed by atoms with Crippen molar-refractivity contribution < 1.29 is 4.74 Å². The highest BCUT2D eigenvalue weighted by Gasteiger charge is 2.08. The highest BCUT2D eigenvalue weighted by molar-refractivity contribution is 9.13. The summed E-state index contributed by atoms with van der Waals surface area (Å²) in [4.78, 5) is 9.14. The molecule has 21 heavy (non-hydrogen) atoms. The summed E-state index contributed by atoms with van der Waals surface area (Å²) in [5, 5.41) is 3.30. The van der Waals surface area contributed by atoms with Gasteiger partial charge in [-0.25, -0.2) is 9.97 Å². The lowest BCUT2D eigenvalue weighted by molar-refractivity contribution is 0.181. The average molecular weight is 415 g/mol. The average Bonchev–Trinajstić information content (AvgIpc) is 2.48. The number of benzene rings is 1. The summed E-state index contributed by atoms with van der Waals surface area (Å²) in [7, 11) is 1.66. The summed E-state index contributed by atoms with van der Waals surface area (Å²) in [6.45, 7) is 3.47. The van der Waals surface area contributed by atoms with Gasteiger partial charge in [0.25, 0.3) is 0 Å². The van der Waals surface area contributed by atoms with E-state index >= 15 is 0 Å². The van der Waals surface area contributed by atoms with E-state index in [0.717, 1.165) is 39.0 Å². The molecule has 0 fully saturated rings. The van der Waals surface area contributed by atoms with Crippen LogP contribution < -0.4 is 5.32 Å². The number of halogens is 2.